The third-order valence-corrected chi connectivity index (χ3v) is 6.34. The van der Waals surface area contributed by atoms with Crippen molar-refractivity contribution in [3.63, 3.8) is 0 Å². The van der Waals surface area contributed by atoms with E-state index in [4.69, 9.17) is 9.47 Å². The number of ether oxygens (including phenoxy) is 2. The summed E-state index contributed by atoms with van der Waals surface area (Å²) in [7, 11) is -1.62. The molecular weight excluding hydrogens is 358 g/mol. The van der Waals surface area contributed by atoms with Gasteiger partial charge in [-0.1, -0.05) is 13.0 Å². The molecule has 2 atom stereocenters. The fraction of sp³-hybridized carbons (Fsp3) is 0.556. The number of carbonyl (C=O) groups is 2. The van der Waals surface area contributed by atoms with Crippen LogP contribution in [-0.4, -0.2) is 62.5 Å². The molecule has 2 rings (SSSR count). The first-order chi connectivity index (χ1) is 12.3. The summed E-state index contributed by atoms with van der Waals surface area (Å²) in [5, 5.41) is 0. The number of nitrogens with zero attached hydrogens (tertiary/aromatic N) is 1. The zero-order valence-corrected chi connectivity index (χ0v) is 16.1. The second-order valence-electron chi connectivity index (χ2n) is 6.42. The van der Waals surface area contributed by atoms with Crippen LogP contribution < -0.4 is 4.74 Å². The molecule has 1 aromatic rings. The Labute approximate surface area is 154 Å². The molecule has 0 unspecified atom stereocenters. The molecule has 0 saturated carbocycles. The normalized spacial score (nSPS) is 19.6. The van der Waals surface area contributed by atoms with Crippen molar-refractivity contribution in [1.82, 2.24) is 4.90 Å². The molecule has 0 N–H and O–H groups in total. The van der Waals surface area contributed by atoms with Crippen LogP contribution in [0, 0.1) is 0 Å². The third-order valence-electron chi connectivity index (χ3n) is 4.59. The minimum Gasteiger partial charge on any atom is -0.497 e. The molecule has 26 heavy (non-hydrogen) atoms. The number of carbonyl (C=O) groups excluding carboxylic acids is 2. The lowest BCUT2D eigenvalue weighted by Crippen LogP contribution is -2.48. The monoisotopic (exact) mass is 383 g/mol. The predicted molar refractivity (Wildman–Crippen MR) is 96.9 cm³/mol. The fourth-order valence-electron chi connectivity index (χ4n) is 3.04. The van der Waals surface area contributed by atoms with Crippen LogP contribution in [0.5, 0.6) is 5.75 Å². The molecule has 8 heteroatoms. The van der Waals surface area contributed by atoms with E-state index in [1.165, 1.54) is 13.2 Å². The van der Waals surface area contributed by atoms with Crippen molar-refractivity contribution in [1.29, 1.82) is 0 Å². The molecular formula is C18H25NO6S. The van der Waals surface area contributed by atoms with Crippen molar-refractivity contribution in [2.75, 3.05) is 25.2 Å². The van der Waals surface area contributed by atoms with Gasteiger partial charge in [-0.05, 0) is 38.0 Å². The highest BCUT2D eigenvalue weighted by Gasteiger charge is 2.36. The first-order valence-corrected chi connectivity index (χ1v) is 10.4. The van der Waals surface area contributed by atoms with Crippen LogP contribution in [0.2, 0.25) is 0 Å². The zero-order valence-electron chi connectivity index (χ0n) is 15.3. The molecule has 1 saturated heterocycles. The second kappa shape index (κ2) is 8.53. The maximum Gasteiger partial charge on any atom is 0.338 e. The van der Waals surface area contributed by atoms with Gasteiger partial charge in [0, 0.05) is 12.1 Å². The maximum atomic E-state index is 12.6. The van der Waals surface area contributed by atoms with Gasteiger partial charge in [0.1, 0.15) is 5.75 Å². The van der Waals surface area contributed by atoms with Crippen LogP contribution >= 0.6 is 0 Å². The quantitative estimate of drug-likeness (QED) is 0.665. The number of rotatable bonds is 7. The van der Waals surface area contributed by atoms with E-state index in [0.717, 1.165) is 0 Å². The maximum absolute atomic E-state index is 12.6. The van der Waals surface area contributed by atoms with Crippen molar-refractivity contribution < 1.29 is 27.5 Å². The molecule has 0 aliphatic carbocycles. The van der Waals surface area contributed by atoms with Gasteiger partial charge in [-0.25, -0.2) is 13.2 Å². The van der Waals surface area contributed by atoms with Crippen molar-refractivity contribution in [3.05, 3.63) is 29.8 Å². The lowest BCUT2D eigenvalue weighted by molar-refractivity contribution is -0.138. The van der Waals surface area contributed by atoms with Gasteiger partial charge in [-0.2, -0.15) is 0 Å². The Morgan fingerprint density at radius 3 is 2.65 bits per heavy atom. The highest BCUT2D eigenvalue weighted by Crippen LogP contribution is 2.21. The lowest BCUT2D eigenvalue weighted by Gasteiger charge is -2.33. The Hall–Kier alpha value is -2.09. The van der Waals surface area contributed by atoms with E-state index in [-0.39, 0.29) is 35.1 Å². The van der Waals surface area contributed by atoms with Crippen molar-refractivity contribution >= 4 is 21.7 Å². The van der Waals surface area contributed by atoms with Gasteiger partial charge < -0.3 is 14.4 Å². The molecule has 0 bridgehead atoms. The molecule has 0 radical (unpaired) electrons. The Balaban J connectivity index is 2.03. The molecule has 1 aliphatic rings. The molecule has 7 nitrogen and oxygen atoms in total. The van der Waals surface area contributed by atoms with Crippen LogP contribution in [-0.2, 0) is 19.4 Å². The Kier molecular flexibility index (Phi) is 6.63. The summed E-state index contributed by atoms with van der Waals surface area (Å²) in [4.78, 5) is 26.3. The van der Waals surface area contributed by atoms with Crippen LogP contribution in [0.3, 0.4) is 0 Å². The largest absolute Gasteiger partial charge is 0.497 e. The number of hydrogen-bond donors (Lipinski definition) is 0. The summed E-state index contributed by atoms with van der Waals surface area (Å²) in [6.45, 7) is 3.38. The number of hydrogen-bond acceptors (Lipinski definition) is 6. The Bertz CT molecular complexity index is 761. The first kappa shape index (κ1) is 20.2. The van der Waals surface area contributed by atoms with Gasteiger partial charge in [-0.3, -0.25) is 4.79 Å². The van der Waals surface area contributed by atoms with E-state index in [0.29, 0.717) is 18.6 Å². The highest BCUT2D eigenvalue weighted by molar-refractivity contribution is 7.91. The van der Waals surface area contributed by atoms with Crippen LogP contribution in [0.1, 0.15) is 37.0 Å². The van der Waals surface area contributed by atoms with Crippen LogP contribution in [0.4, 0.5) is 0 Å². The molecule has 1 fully saturated rings. The van der Waals surface area contributed by atoms with Crippen molar-refractivity contribution in [2.45, 2.75) is 38.8 Å². The van der Waals surface area contributed by atoms with Gasteiger partial charge in [0.05, 0.1) is 24.2 Å². The molecule has 0 spiro atoms. The van der Waals surface area contributed by atoms with E-state index in [1.54, 1.807) is 23.1 Å². The van der Waals surface area contributed by atoms with Gasteiger partial charge in [0.25, 0.3) is 5.91 Å². The first-order valence-electron chi connectivity index (χ1n) is 8.60. The second-order valence-corrected chi connectivity index (χ2v) is 8.65. The third kappa shape index (κ3) is 4.97. The van der Waals surface area contributed by atoms with Gasteiger partial charge in [-0.15, -0.1) is 0 Å². The number of benzene rings is 1. The Morgan fingerprint density at radius 2 is 2.08 bits per heavy atom. The van der Waals surface area contributed by atoms with E-state index < -0.39 is 22.4 Å². The smallest absolute Gasteiger partial charge is 0.338 e. The average molecular weight is 383 g/mol. The lowest BCUT2D eigenvalue weighted by atomic mass is 10.1. The standard InChI is InChI=1S/C18H25NO6S/c1-4-13(2)19(15-8-9-26(22,23)12-15)17(20)11-25-18(21)14-6-5-7-16(10-14)24-3/h5-7,10,13,15H,4,8-9,11-12H2,1-3H3/t13-,15+/m0/s1. The summed E-state index contributed by atoms with van der Waals surface area (Å²) in [5.41, 5.74) is 0.288. The summed E-state index contributed by atoms with van der Waals surface area (Å²) >= 11 is 0. The molecule has 1 aliphatic heterocycles. The number of sulfone groups is 1. The van der Waals surface area contributed by atoms with Crippen LogP contribution in [0.15, 0.2) is 24.3 Å². The van der Waals surface area contributed by atoms with Crippen molar-refractivity contribution in [3.8, 4) is 5.75 Å². The number of methoxy groups -OCH3 is 1. The SMILES string of the molecule is CC[C@H](C)N(C(=O)COC(=O)c1cccc(OC)c1)[C@@H]1CCS(=O)(=O)C1. The fourth-order valence-corrected chi connectivity index (χ4v) is 4.75. The predicted octanol–water partition coefficient (Wildman–Crippen LogP) is 1.67. The Morgan fingerprint density at radius 1 is 1.35 bits per heavy atom. The number of esters is 1. The average Bonchev–Trinajstić information content (AvgIpc) is 2.98. The minimum atomic E-state index is -3.11. The molecule has 1 amide bonds. The van der Waals surface area contributed by atoms with Gasteiger partial charge in [0.15, 0.2) is 16.4 Å². The zero-order chi connectivity index (χ0) is 19.3. The van der Waals surface area contributed by atoms with Gasteiger partial charge >= 0.3 is 5.97 Å². The van der Waals surface area contributed by atoms with Gasteiger partial charge in [0.2, 0.25) is 0 Å². The van der Waals surface area contributed by atoms with E-state index in [9.17, 15) is 18.0 Å². The van der Waals surface area contributed by atoms with Crippen LogP contribution in [0.25, 0.3) is 0 Å². The summed E-state index contributed by atoms with van der Waals surface area (Å²) < 4.78 is 33.7. The van der Waals surface area contributed by atoms with E-state index in [2.05, 4.69) is 0 Å². The summed E-state index contributed by atoms with van der Waals surface area (Å²) in [5.74, 6) is -0.435. The van der Waals surface area contributed by atoms with Crippen molar-refractivity contribution in [2.24, 2.45) is 0 Å². The molecule has 144 valence electrons. The van der Waals surface area contributed by atoms with E-state index in [1.807, 2.05) is 13.8 Å². The topological polar surface area (TPSA) is 90.0 Å². The van der Waals surface area contributed by atoms with E-state index >= 15 is 0 Å². The summed E-state index contributed by atoms with van der Waals surface area (Å²) in [6, 6.07) is 5.97. The summed E-state index contributed by atoms with van der Waals surface area (Å²) in [6.07, 6.45) is 1.11. The minimum absolute atomic E-state index is 0.0348. The molecule has 0 aromatic heterocycles. The molecule has 1 aromatic carbocycles. The highest BCUT2D eigenvalue weighted by atomic mass is 32.2. The molecule has 1 heterocycles. The number of amides is 1.